The first-order valence-corrected chi connectivity index (χ1v) is 6.99. The second-order valence-electron chi connectivity index (χ2n) is 4.63. The molecular formula is C13H17N3O2S. The number of amides is 2. The number of nitrogens with one attached hydrogen (secondary N) is 1. The quantitative estimate of drug-likeness (QED) is 0.917. The monoisotopic (exact) mass is 279 g/mol. The highest BCUT2D eigenvalue weighted by atomic mass is 32.1. The Morgan fingerprint density at radius 3 is 2.74 bits per heavy atom. The number of nitrogens with zero attached hydrogens (tertiary/aromatic N) is 2. The number of hydrogen-bond donors (Lipinski definition) is 1. The molecule has 0 spiro atoms. The summed E-state index contributed by atoms with van der Waals surface area (Å²) in [6.07, 6.45) is 0.732. The van der Waals surface area contributed by atoms with Crippen LogP contribution in [0.5, 0.6) is 0 Å². The summed E-state index contributed by atoms with van der Waals surface area (Å²) in [6, 6.07) is 4.10. The van der Waals surface area contributed by atoms with Crippen molar-refractivity contribution in [3.63, 3.8) is 0 Å². The zero-order chi connectivity index (χ0) is 14.0. The zero-order valence-electron chi connectivity index (χ0n) is 11.3. The van der Waals surface area contributed by atoms with Crippen LogP contribution < -0.4 is 5.43 Å². The van der Waals surface area contributed by atoms with Crippen molar-refractivity contribution < 1.29 is 9.59 Å². The van der Waals surface area contributed by atoms with Crippen molar-refractivity contribution in [1.82, 2.24) is 10.3 Å². The van der Waals surface area contributed by atoms with Gasteiger partial charge in [0.15, 0.2) is 0 Å². The number of carbonyl (C=O) groups excluding carboxylic acids is 2. The molecule has 1 aliphatic heterocycles. The Bertz CT molecular complexity index is 536. The van der Waals surface area contributed by atoms with Crippen LogP contribution in [0.1, 0.15) is 35.6 Å². The predicted molar refractivity (Wildman–Crippen MR) is 75.1 cm³/mol. The van der Waals surface area contributed by atoms with E-state index in [0.717, 1.165) is 4.88 Å². The van der Waals surface area contributed by atoms with Gasteiger partial charge in [-0.1, -0.05) is 0 Å². The van der Waals surface area contributed by atoms with Gasteiger partial charge in [0.1, 0.15) is 5.71 Å². The van der Waals surface area contributed by atoms with Gasteiger partial charge in [0.25, 0.3) is 5.91 Å². The summed E-state index contributed by atoms with van der Waals surface area (Å²) in [7, 11) is 1.76. The Kier molecular flexibility index (Phi) is 3.99. The lowest BCUT2D eigenvalue weighted by molar-refractivity contribution is -0.125. The third-order valence-corrected chi connectivity index (χ3v) is 4.40. The van der Waals surface area contributed by atoms with Crippen molar-refractivity contribution in [3.05, 3.63) is 21.9 Å². The summed E-state index contributed by atoms with van der Waals surface area (Å²) in [6.45, 7) is 4.04. The Morgan fingerprint density at radius 1 is 1.47 bits per heavy atom. The highest BCUT2D eigenvalue weighted by molar-refractivity contribution is 7.12. The Balaban J connectivity index is 2.09. The molecule has 102 valence electrons. The minimum absolute atomic E-state index is 0.00604. The fourth-order valence-corrected chi connectivity index (χ4v) is 2.85. The highest BCUT2D eigenvalue weighted by Gasteiger charge is 2.25. The van der Waals surface area contributed by atoms with Crippen LogP contribution in [-0.4, -0.2) is 29.5 Å². The van der Waals surface area contributed by atoms with Gasteiger partial charge in [-0.3, -0.25) is 9.59 Å². The Labute approximate surface area is 116 Å². The SMILES string of the molecule is Cc1ccc(C(C)N(C)C(=O)C2=NNC(=O)CC2)s1. The number of aryl methyl sites for hydroxylation is 1. The largest absolute Gasteiger partial charge is 0.333 e. The van der Waals surface area contributed by atoms with E-state index >= 15 is 0 Å². The molecule has 0 saturated heterocycles. The molecule has 1 atom stereocenters. The number of hydrogen-bond acceptors (Lipinski definition) is 4. The molecule has 0 bridgehead atoms. The summed E-state index contributed by atoms with van der Waals surface area (Å²) in [5.74, 6) is -0.264. The lowest BCUT2D eigenvalue weighted by atomic mass is 10.1. The van der Waals surface area contributed by atoms with Crippen molar-refractivity contribution in [2.24, 2.45) is 5.10 Å². The summed E-state index contributed by atoms with van der Waals surface area (Å²) >= 11 is 1.69. The smallest absolute Gasteiger partial charge is 0.270 e. The minimum Gasteiger partial charge on any atom is -0.333 e. The number of hydrazone groups is 1. The maximum Gasteiger partial charge on any atom is 0.270 e. The van der Waals surface area contributed by atoms with Crippen LogP contribution in [-0.2, 0) is 9.59 Å². The van der Waals surface area contributed by atoms with Crippen molar-refractivity contribution in [1.29, 1.82) is 0 Å². The summed E-state index contributed by atoms with van der Waals surface area (Å²) in [4.78, 5) is 27.3. The van der Waals surface area contributed by atoms with Gasteiger partial charge in [0.05, 0.1) is 6.04 Å². The van der Waals surface area contributed by atoms with E-state index in [1.165, 1.54) is 4.88 Å². The van der Waals surface area contributed by atoms with Gasteiger partial charge >= 0.3 is 0 Å². The predicted octanol–water partition coefficient (Wildman–Crippen LogP) is 1.84. The van der Waals surface area contributed by atoms with Crippen LogP contribution in [0.25, 0.3) is 0 Å². The van der Waals surface area contributed by atoms with E-state index in [4.69, 9.17) is 0 Å². The fourth-order valence-electron chi connectivity index (χ4n) is 1.88. The van der Waals surface area contributed by atoms with Crippen LogP contribution in [0.2, 0.25) is 0 Å². The van der Waals surface area contributed by atoms with Crippen molar-refractivity contribution in [2.75, 3.05) is 7.05 Å². The molecule has 1 aliphatic rings. The standard InChI is InChI=1S/C13H17N3O2S/c1-8-4-6-11(19-8)9(2)16(3)13(18)10-5-7-12(17)15-14-10/h4,6,9H,5,7H2,1-3H3,(H,15,17). The molecule has 0 fully saturated rings. The summed E-state index contributed by atoms with van der Waals surface area (Å²) in [5, 5.41) is 3.84. The molecule has 2 heterocycles. The Hall–Kier alpha value is -1.69. The van der Waals surface area contributed by atoms with E-state index in [9.17, 15) is 9.59 Å². The third kappa shape index (κ3) is 3.01. The molecule has 19 heavy (non-hydrogen) atoms. The van der Waals surface area contributed by atoms with Gasteiger partial charge in [-0.05, 0) is 26.0 Å². The van der Waals surface area contributed by atoms with Crippen molar-refractivity contribution in [3.8, 4) is 0 Å². The van der Waals surface area contributed by atoms with Gasteiger partial charge in [0.2, 0.25) is 5.91 Å². The first-order valence-electron chi connectivity index (χ1n) is 6.18. The summed E-state index contributed by atoms with van der Waals surface area (Å²) < 4.78 is 0. The zero-order valence-corrected chi connectivity index (χ0v) is 12.1. The lowest BCUT2D eigenvalue weighted by Crippen LogP contribution is -2.39. The highest BCUT2D eigenvalue weighted by Crippen LogP contribution is 2.26. The third-order valence-electron chi connectivity index (χ3n) is 3.23. The van der Waals surface area contributed by atoms with Gasteiger partial charge in [0, 0.05) is 29.6 Å². The van der Waals surface area contributed by atoms with Gasteiger partial charge in [-0.25, -0.2) is 5.43 Å². The molecule has 0 aromatic carbocycles. The number of carbonyl (C=O) groups is 2. The first kappa shape index (κ1) is 13.7. The van der Waals surface area contributed by atoms with E-state index < -0.39 is 0 Å². The van der Waals surface area contributed by atoms with Crippen LogP contribution in [0.3, 0.4) is 0 Å². The lowest BCUT2D eigenvalue weighted by Gasteiger charge is -2.25. The van der Waals surface area contributed by atoms with Crippen LogP contribution in [0, 0.1) is 6.92 Å². The van der Waals surface area contributed by atoms with Gasteiger partial charge in [-0.2, -0.15) is 5.10 Å². The number of thiophene rings is 1. The molecule has 1 unspecified atom stereocenters. The van der Waals surface area contributed by atoms with Crippen LogP contribution in [0.15, 0.2) is 17.2 Å². The average Bonchev–Trinajstić information content (AvgIpc) is 2.84. The molecule has 0 saturated carbocycles. The molecular weight excluding hydrogens is 262 g/mol. The van der Waals surface area contributed by atoms with Crippen LogP contribution in [0.4, 0.5) is 0 Å². The molecule has 1 aromatic rings. The second kappa shape index (κ2) is 5.52. The van der Waals surface area contributed by atoms with Gasteiger partial charge in [-0.15, -0.1) is 11.3 Å². The van der Waals surface area contributed by atoms with E-state index in [0.29, 0.717) is 18.6 Å². The van der Waals surface area contributed by atoms with Gasteiger partial charge < -0.3 is 4.90 Å². The Morgan fingerprint density at radius 2 is 2.21 bits per heavy atom. The average molecular weight is 279 g/mol. The second-order valence-corrected chi connectivity index (χ2v) is 5.95. The van der Waals surface area contributed by atoms with E-state index in [-0.39, 0.29) is 17.9 Å². The van der Waals surface area contributed by atoms with E-state index in [1.54, 1.807) is 23.3 Å². The first-order chi connectivity index (χ1) is 8.99. The summed E-state index contributed by atoms with van der Waals surface area (Å²) in [5.41, 5.74) is 2.77. The maximum absolute atomic E-state index is 12.3. The van der Waals surface area contributed by atoms with E-state index in [2.05, 4.69) is 10.5 Å². The van der Waals surface area contributed by atoms with Crippen molar-refractivity contribution in [2.45, 2.75) is 32.7 Å². The molecule has 6 heteroatoms. The normalized spacial score (nSPS) is 16.6. The maximum atomic E-state index is 12.3. The minimum atomic E-state index is -0.138. The molecule has 5 nitrogen and oxygen atoms in total. The van der Waals surface area contributed by atoms with Crippen molar-refractivity contribution >= 4 is 28.9 Å². The molecule has 1 N–H and O–H groups in total. The number of rotatable bonds is 3. The fraction of sp³-hybridized carbons (Fsp3) is 0.462. The van der Waals surface area contributed by atoms with E-state index in [1.807, 2.05) is 26.0 Å². The molecule has 0 radical (unpaired) electrons. The molecule has 1 aromatic heterocycles. The molecule has 2 rings (SSSR count). The molecule has 0 aliphatic carbocycles. The van der Waals surface area contributed by atoms with Crippen LogP contribution >= 0.6 is 11.3 Å². The molecule has 2 amide bonds. The topological polar surface area (TPSA) is 61.8 Å².